The maximum atomic E-state index is 12.0. The number of piperidine rings is 1. The van der Waals surface area contributed by atoms with Crippen molar-refractivity contribution >= 4 is 6.09 Å². The van der Waals surface area contributed by atoms with Crippen LogP contribution in [-0.4, -0.2) is 40.1 Å². The minimum absolute atomic E-state index is 0.144. The molecule has 0 radical (unpaired) electrons. The summed E-state index contributed by atoms with van der Waals surface area (Å²) in [7, 11) is 0. The van der Waals surface area contributed by atoms with Crippen molar-refractivity contribution in [3.05, 3.63) is 0 Å². The van der Waals surface area contributed by atoms with Crippen molar-refractivity contribution in [2.45, 2.75) is 71.1 Å². The number of alkyl carbamates (subject to hydrolysis) is 1. The predicted octanol–water partition coefficient (Wildman–Crippen LogP) is 2.78. The van der Waals surface area contributed by atoms with Gasteiger partial charge in [-0.15, -0.1) is 0 Å². The summed E-state index contributed by atoms with van der Waals surface area (Å²) >= 11 is 0. The quantitative estimate of drug-likeness (QED) is 0.777. The Morgan fingerprint density at radius 1 is 1.40 bits per heavy atom. The van der Waals surface area contributed by atoms with E-state index in [0.717, 1.165) is 19.3 Å². The molecule has 1 amide bonds. The van der Waals surface area contributed by atoms with E-state index in [9.17, 15) is 10.0 Å². The summed E-state index contributed by atoms with van der Waals surface area (Å²) in [6.07, 6.45) is 2.40. The van der Waals surface area contributed by atoms with Crippen molar-refractivity contribution in [1.82, 2.24) is 10.4 Å². The number of carbonyl (C=O) groups is 1. The molecule has 2 bridgehead atoms. The average molecular weight is 284 g/mol. The number of carbonyl (C=O) groups excluding carboxylic acids is 1. The minimum Gasteiger partial charge on any atom is -0.444 e. The van der Waals surface area contributed by atoms with Crippen molar-refractivity contribution < 1.29 is 14.7 Å². The predicted molar refractivity (Wildman–Crippen MR) is 76.6 cm³/mol. The number of nitrogens with zero attached hydrogens (tertiary/aromatic N) is 1. The van der Waals surface area contributed by atoms with Gasteiger partial charge in [0.25, 0.3) is 0 Å². The van der Waals surface area contributed by atoms with E-state index in [1.807, 2.05) is 20.8 Å². The fourth-order valence-corrected chi connectivity index (χ4v) is 3.81. The smallest absolute Gasteiger partial charge is 0.407 e. The fraction of sp³-hybridized carbons (Fsp3) is 0.933. The van der Waals surface area contributed by atoms with Crippen molar-refractivity contribution in [3.8, 4) is 0 Å². The van der Waals surface area contributed by atoms with Gasteiger partial charge >= 0.3 is 6.09 Å². The Hall–Kier alpha value is -0.810. The summed E-state index contributed by atoms with van der Waals surface area (Å²) in [5, 5.41) is 14.6. The molecule has 0 aromatic rings. The van der Waals surface area contributed by atoms with Gasteiger partial charge in [-0.05, 0) is 58.8 Å². The Labute approximate surface area is 121 Å². The van der Waals surface area contributed by atoms with E-state index in [1.165, 1.54) is 5.06 Å². The molecular formula is C15H28N2O3. The molecule has 5 nitrogen and oxygen atoms in total. The largest absolute Gasteiger partial charge is 0.444 e. The first-order valence-electron chi connectivity index (χ1n) is 7.57. The number of amides is 1. The van der Waals surface area contributed by atoms with Crippen LogP contribution in [0.4, 0.5) is 4.79 Å². The van der Waals surface area contributed by atoms with Crippen molar-refractivity contribution in [1.29, 1.82) is 0 Å². The molecule has 1 saturated carbocycles. The number of hydrogen-bond acceptors (Lipinski definition) is 4. The number of hydrogen-bond donors (Lipinski definition) is 2. The second-order valence-electron chi connectivity index (χ2n) is 7.73. The standard InChI is InChI=1S/C15H28N2O3/c1-10-8-15(5)9-11(6-7-17(15)19)12(10)16-13(18)20-14(2,3)4/h10-12,19H,6-9H2,1-5H3,(H,16,18)/t10?,11-,12?,15?/m0/s1. The van der Waals surface area contributed by atoms with Gasteiger partial charge in [-0.1, -0.05) is 6.92 Å². The van der Waals surface area contributed by atoms with Gasteiger partial charge in [0.1, 0.15) is 5.60 Å². The first kappa shape index (κ1) is 15.6. The van der Waals surface area contributed by atoms with Crippen LogP contribution in [0.15, 0.2) is 0 Å². The number of fused-ring (bicyclic) bond motifs is 2. The Morgan fingerprint density at radius 2 is 2.05 bits per heavy atom. The molecule has 0 spiro atoms. The summed E-state index contributed by atoms with van der Waals surface area (Å²) in [5.74, 6) is 0.751. The van der Waals surface area contributed by atoms with Crippen LogP contribution in [0.1, 0.15) is 53.9 Å². The van der Waals surface area contributed by atoms with Crippen LogP contribution in [0.25, 0.3) is 0 Å². The van der Waals surface area contributed by atoms with E-state index in [4.69, 9.17) is 4.74 Å². The van der Waals surface area contributed by atoms with Crippen LogP contribution in [-0.2, 0) is 4.74 Å². The molecule has 1 aliphatic carbocycles. The van der Waals surface area contributed by atoms with Crippen LogP contribution in [0.2, 0.25) is 0 Å². The number of nitrogens with one attached hydrogen (secondary N) is 1. The lowest BCUT2D eigenvalue weighted by Gasteiger charge is -2.53. The lowest BCUT2D eigenvalue weighted by atomic mass is 9.65. The summed E-state index contributed by atoms with van der Waals surface area (Å²) in [5.41, 5.74) is -0.612. The monoisotopic (exact) mass is 284 g/mol. The fourth-order valence-electron chi connectivity index (χ4n) is 3.81. The molecule has 5 heteroatoms. The number of ether oxygens (including phenoxy) is 1. The van der Waals surface area contributed by atoms with Gasteiger partial charge in [0.05, 0.1) is 0 Å². The van der Waals surface area contributed by atoms with Crippen LogP contribution in [0, 0.1) is 11.8 Å². The van der Waals surface area contributed by atoms with E-state index in [2.05, 4.69) is 19.2 Å². The summed E-state index contributed by atoms with van der Waals surface area (Å²) < 4.78 is 5.36. The van der Waals surface area contributed by atoms with E-state index in [-0.39, 0.29) is 17.7 Å². The SMILES string of the molecule is CC1CC2(C)C[C@H](CCN2O)C1NC(=O)OC(C)(C)C. The van der Waals surface area contributed by atoms with Gasteiger partial charge < -0.3 is 15.3 Å². The molecule has 1 saturated heterocycles. The number of hydroxylamine groups is 2. The summed E-state index contributed by atoms with van der Waals surface area (Å²) in [6, 6.07) is 0.145. The Morgan fingerprint density at radius 3 is 2.65 bits per heavy atom. The van der Waals surface area contributed by atoms with E-state index < -0.39 is 5.60 Å². The van der Waals surface area contributed by atoms with Gasteiger partial charge in [-0.2, -0.15) is 5.06 Å². The Bertz CT molecular complexity index is 376. The van der Waals surface area contributed by atoms with Gasteiger partial charge in [-0.25, -0.2) is 4.79 Å². The molecule has 2 N–H and O–H groups in total. The van der Waals surface area contributed by atoms with Crippen molar-refractivity contribution in [2.24, 2.45) is 11.8 Å². The Balaban J connectivity index is 2.01. The molecule has 0 aromatic carbocycles. The molecular weight excluding hydrogens is 256 g/mol. The third-order valence-electron chi connectivity index (χ3n) is 4.60. The molecule has 2 fully saturated rings. The molecule has 1 aliphatic heterocycles. The maximum absolute atomic E-state index is 12.0. The van der Waals surface area contributed by atoms with Crippen LogP contribution in [0.5, 0.6) is 0 Å². The molecule has 2 aliphatic rings. The highest BCUT2D eigenvalue weighted by Crippen LogP contribution is 2.44. The molecule has 4 atom stereocenters. The van der Waals surface area contributed by atoms with Gasteiger partial charge in [-0.3, -0.25) is 0 Å². The molecule has 116 valence electrons. The molecule has 3 unspecified atom stereocenters. The molecule has 1 heterocycles. The highest BCUT2D eigenvalue weighted by molar-refractivity contribution is 5.68. The molecule has 0 aromatic heterocycles. The van der Waals surface area contributed by atoms with E-state index >= 15 is 0 Å². The topological polar surface area (TPSA) is 61.8 Å². The normalized spacial score (nSPS) is 38.4. The van der Waals surface area contributed by atoms with Crippen LogP contribution < -0.4 is 5.32 Å². The van der Waals surface area contributed by atoms with Gasteiger partial charge in [0.2, 0.25) is 0 Å². The number of rotatable bonds is 1. The zero-order valence-corrected chi connectivity index (χ0v) is 13.3. The second kappa shape index (κ2) is 5.19. The van der Waals surface area contributed by atoms with Crippen molar-refractivity contribution in [2.75, 3.05) is 6.54 Å². The summed E-state index contributed by atoms with van der Waals surface area (Å²) in [4.78, 5) is 12.0. The summed E-state index contributed by atoms with van der Waals surface area (Å²) in [6.45, 7) is 10.6. The maximum Gasteiger partial charge on any atom is 0.407 e. The third kappa shape index (κ3) is 3.26. The third-order valence-corrected chi connectivity index (χ3v) is 4.60. The zero-order chi connectivity index (χ0) is 15.1. The highest BCUT2D eigenvalue weighted by Gasteiger charge is 2.48. The van der Waals surface area contributed by atoms with Gasteiger partial charge in [0.15, 0.2) is 0 Å². The second-order valence-corrected chi connectivity index (χ2v) is 7.73. The minimum atomic E-state index is -0.467. The molecule has 2 rings (SSSR count). The first-order chi connectivity index (χ1) is 9.11. The Kier molecular flexibility index (Phi) is 4.04. The first-order valence-corrected chi connectivity index (χ1v) is 7.57. The van der Waals surface area contributed by atoms with E-state index in [1.54, 1.807) is 0 Å². The molecule has 20 heavy (non-hydrogen) atoms. The van der Waals surface area contributed by atoms with Crippen LogP contribution >= 0.6 is 0 Å². The lowest BCUT2D eigenvalue weighted by molar-refractivity contribution is -0.214. The van der Waals surface area contributed by atoms with Gasteiger partial charge in [0, 0.05) is 18.1 Å². The van der Waals surface area contributed by atoms with E-state index in [0.29, 0.717) is 18.4 Å². The van der Waals surface area contributed by atoms with Crippen molar-refractivity contribution in [3.63, 3.8) is 0 Å². The van der Waals surface area contributed by atoms with Crippen LogP contribution in [0.3, 0.4) is 0 Å². The highest BCUT2D eigenvalue weighted by atomic mass is 16.6. The average Bonchev–Trinajstić information content (AvgIpc) is 2.26. The lowest BCUT2D eigenvalue weighted by Crippen LogP contribution is -2.61. The zero-order valence-electron chi connectivity index (χ0n) is 13.3.